The average Bonchev–Trinajstić information content (AvgIpc) is 2.35. The summed E-state index contributed by atoms with van der Waals surface area (Å²) in [7, 11) is 0. The minimum atomic E-state index is -0.157. The van der Waals surface area contributed by atoms with Gasteiger partial charge >= 0.3 is 0 Å². The number of rotatable bonds is 5. The second kappa shape index (κ2) is 8.41. The van der Waals surface area contributed by atoms with Gasteiger partial charge in [0, 0.05) is 0 Å². The molecular weight excluding hydrogens is 283 g/mol. The van der Waals surface area contributed by atoms with Gasteiger partial charge in [-0.15, -0.1) is 12.4 Å². The number of anilines is 1. The molecule has 0 aliphatic rings. The van der Waals surface area contributed by atoms with E-state index in [0.717, 1.165) is 18.7 Å². The quantitative estimate of drug-likeness (QED) is 0.899. The van der Waals surface area contributed by atoms with Crippen molar-refractivity contribution in [3.8, 4) is 0 Å². The van der Waals surface area contributed by atoms with Gasteiger partial charge in [0.05, 0.1) is 16.8 Å². The number of nitrogens with zero attached hydrogens (tertiary/aromatic N) is 1. The molecule has 1 N–H and O–H groups in total. The number of likely N-dealkylation sites (N-methyl/N-ethyl adjacent to an activating group) is 1. The lowest BCUT2D eigenvalue weighted by Crippen LogP contribution is -2.41. The Morgan fingerprint density at radius 2 is 1.95 bits per heavy atom. The maximum atomic E-state index is 12.2. The van der Waals surface area contributed by atoms with Gasteiger partial charge in [0.1, 0.15) is 0 Å². The molecule has 108 valence electrons. The Hall–Kier alpha value is -0.770. The molecule has 0 radical (unpaired) electrons. The van der Waals surface area contributed by atoms with Gasteiger partial charge in [0.2, 0.25) is 5.91 Å². The molecule has 19 heavy (non-hydrogen) atoms. The highest BCUT2D eigenvalue weighted by Gasteiger charge is 2.19. The van der Waals surface area contributed by atoms with E-state index in [2.05, 4.69) is 10.2 Å². The van der Waals surface area contributed by atoms with Crippen molar-refractivity contribution in [3.63, 3.8) is 0 Å². The molecule has 0 saturated carbocycles. The molecule has 1 aromatic carbocycles. The summed E-state index contributed by atoms with van der Waals surface area (Å²) in [5.41, 5.74) is 1.69. The van der Waals surface area contributed by atoms with Crippen molar-refractivity contribution in [2.75, 3.05) is 18.4 Å². The number of halogens is 2. The fraction of sp³-hybridized carbons (Fsp3) is 0.500. The molecular formula is C14H22Cl2N2O. The van der Waals surface area contributed by atoms with Crippen molar-refractivity contribution in [2.24, 2.45) is 0 Å². The Kier molecular flexibility index (Phi) is 8.07. The van der Waals surface area contributed by atoms with Gasteiger partial charge < -0.3 is 5.32 Å². The van der Waals surface area contributed by atoms with Crippen LogP contribution in [-0.4, -0.2) is 29.9 Å². The van der Waals surface area contributed by atoms with E-state index in [-0.39, 0.29) is 24.4 Å². The number of hydrogen-bond donors (Lipinski definition) is 1. The van der Waals surface area contributed by atoms with Crippen LogP contribution >= 0.6 is 24.0 Å². The van der Waals surface area contributed by atoms with E-state index < -0.39 is 0 Å². The van der Waals surface area contributed by atoms with Crippen LogP contribution < -0.4 is 5.32 Å². The number of carbonyl (C=O) groups is 1. The number of nitrogens with one attached hydrogen (secondary N) is 1. The van der Waals surface area contributed by atoms with Crippen LogP contribution in [0.25, 0.3) is 0 Å². The van der Waals surface area contributed by atoms with Crippen molar-refractivity contribution in [1.82, 2.24) is 4.90 Å². The van der Waals surface area contributed by atoms with Crippen LogP contribution in [0.3, 0.4) is 0 Å². The molecule has 1 unspecified atom stereocenters. The number of hydrogen-bond acceptors (Lipinski definition) is 2. The Bertz CT molecular complexity index is 400. The molecule has 0 aliphatic carbocycles. The lowest BCUT2D eigenvalue weighted by Gasteiger charge is -2.25. The van der Waals surface area contributed by atoms with E-state index in [1.165, 1.54) is 0 Å². The number of para-hydroxylation sites is 1. The molecule has 1 amide bonds. The maximum Gasteiger partial charge on any atom is 0.241 e. The van der Waals surface area contributed by atoms with E-state index in [0.29, 0.717) is 10.7 Å². The van der Waals surface area contributed by atoms with Crippen LogP contribution in [0, 0.1) is 6.92 Å². The highest BCUT2D eigenvalue weighted by atomic mass is 35.5. The van der Waals surface area contributed by atoms with Crippen LogP contribution in [0.1, 0.15) is 26.3 Å². The van der Waals surface area contributed by atoms with E-state index >= 15 is 0 Å². The zero-order valence-corrected chi connectivity index (χ0v) is 13.4. The zero-order chi connectivity index (χ0) is 13.7. The van der Waals surface area contributed by atoms with Gasteiger partial charge in [-0.3, -0.25) is 9.69 Å². The molecule has 0 aromatic heterocycles. The third-order valence-corrected chi connectivity index (χ3v) is 3.52. The first-order valence-corrected chi connectivity index (χ1v) is 6.69. The summed E-state index contributed by atoms with van der Waals surface area (Å²) in [6.07, 6.45) is 0. The SMILES string of the molecule is CCN(CC)C(C)C(=O)Nc1c(C)cccc1Cl.Cl. The van der Waals surface area contributed by atoms with Crippen LogP contribution in [0.5, 0.6) is 0 Å². The molecule has 1 atom stereocenters. The van der Waals surface area contributed by atoms with Crippen molar-refractivity contribution in [3.05, 3.63) is 28.8 Å². The number of benzene rings is 1. The van der Waals surface area contributed by atoms with Crippen LogP contribution in [0.15, 0.2) is 18.2 Å². The lowest BCUT2D eigenvalue weighted by atomic mass is 10.2. The maximum absolute atomic E-state index is 12.2. The van der Waals surface area contributed by atoms with Crippen molar-refractivity contribution in [2.45, 2.75) is 33.7 Å². The molecule has 0 aliphatic heterocycles. The monoisotopic (exact) mass is 304 g/mol. The van der Waals surface area contributed by atoms with Crippen molar-refractivity contribution < 1.29 is 4.79 Å². The van der Waals surface area contributed by atoms with Crippen LogP contribution in [0.4, 0.5) is 5.69 Å². The van der Waals surface area contributed by atoms with Gasteiger partial charge in [-0.2, -0.15) is 0 Å². The van der Waals surface area contributed by atoms with Gasteiger partial charge in [-0.25, -0.2) is 0 Å². The molecule has 0 heterocycles. The normalized spacial score (nSPS) is 11.9. The second-order valence-electron chi connectivity index (χ2n) is 4.32. The van der Waals surface area contributed by atoms with Crippen LogP contribution in [-0.2, 0) is 4.79 Å². The van der Waals surface area contributed by atoms with Crippen LogP contribution in [0.2, 0.25) is 5.02 Å². The zero-order valence-electron chi connectivity index (χ0n) is 11.9. The smallest absolute Gasteiger partial charge is 0.241 e. The molecule has 1 rings (SSSR count). The first-order valence-electron chi connectivity index (χ1n) is 6.31. The van der Waals surface area contributed by atoms with Gasteiger partial charge in [-0.05, 0) is 38.6 Å². The minimum Gasteiger partial charge on any atom is -0.323 e. The Balaban J connectivity index is 0.00000324. The topological polar surface area (TPSA) is 32.3 Å². The molecule has 5 heteroatoms. The van der Waals surface area contributed by atoms with E-state index in [4.69, 9.17) is 11.6 Å². The highest BCUT2D eigenvalue weighted by Crippen LogP contribution is 2.25. The second-order valence-corrected chi connectivity index (χ2v) is 4.73. The van der Waals surface area contributed by atoms with Gasteiger partial charge in [0.25, 0.3) is 0 Å². The lowest BCUT2D eigenvalue weighted by molar-refractivity contribution is -0.120. The Morgan fingerprint density at radius 1 is 1.37 bits per heavy atom. The summed E-state index contributed by atoms with van der Waals surface area (Å²) in [5, 5.41) is 3.49. The predicted molar refractivity (Wildman–Crippen MR) is 84.4 cm³/mol. The fourth-order valence-corrected chi connectivity index (χ4v) is 2.22. The summed E-state index contributed by atoms with van der Waals surface area (Å²) in [6.45, 7) is 9.65. The van der Waals surface area contributed by atoms with Gasteiger partial charge in [0.15, 0.2) is 0 Å². The summed E-state index contributed by atoms with van der Waals surface area (Å²) >= 11 is 6.10. The molecule has 0 fully saturated rings. The van der Waals surface area contributed by atoms with E-state index in [1.807, 2.05) is 39.8 Å². The predicted octanol–water partition coefficient (Wildman–Crippen LogP) is 3.74. The highest BCUT2D eigenvalue weighted by molar-refractivity contribution is 6.34. The summed E-state index contributed by atoms with van der Waals surface area (Å²) in [6, 6.07) is 5.44. The van der Waals surface area contributed by atoms with E-state index in [9.17, 15) is 4.79 Å². The summed E-state index contributed by atoms with van der Waals surface area (Å²) < 4.78 is 0. The minimum absolute atomic E-state index is 0. The first-order chi connectivity index (χ1) is 8.51. The third-order valence-electron chi connectivity index (χ3n) is 3.21. The van der Waals surface area contributed by atoms with Crippen molar-refractivity contribution >= 4 is 35.6 Å². The molecule has 1 aromatic rings. The number of amides is 1. The molecule has 0 spiro atoms. The average molecular weight is 305 g/mol. The standard InChI is InChI=1S/C14H21ClN2O.ClH/c1-5-17(6-2)11(4)14(18)16-13-10(3)8-7-9-12(13)15;/h7-9,11H,5-6H2,1-4H3,(H,16,18);1H. The number of aryl methyl sites for hydroxylation is 1. The Morgan fingerprint density at radius 3 is 2.42 bits per heavy atom. The number of carbonyl (C=O) groups excluding carboxylic acids is 1. The summed E-state index contributed by atoms with van der Waals surface area (Å²) in [4.78, 5) is 14.3. The van der Waals surface area contributed by atoms with Crippen molar-refractivity contribution in [1.29, 1.82) is 0 Å². The third kappa shape index (κ3) is 4.68. The first kappa shape index (κ1) is 18.2. The molecule has 3 nitrogen and oxygen atoms in total. The Labute approximate surface area is 126 Å². The van der Waals surface area contributed by atoms with E-state index in [1.54, 1.807) is 6.07 Å². The largest absolute Gasteiger partial charge is 0.323 e. The van der Waals surface area contributed by atoms with Gasteiger partial charge in [-0.1, -0.05) is 37.6 Å². The molecule has 0 saturated heterocycles. The summed E-state index contributed by atoms with van der Waals surface area (Å²) in [5.74, 6) is -0.0186. The molecule has 0 bridgehead atoms. The fourth-order valence-electron chi connectivity index (χ4n) is 1.96.